The molecule has 1 aromatic heterocycles. The van der Waals surface area contributed by atoms with E-state index in [0.717, 1.165) is 18.9 Å². The second-order valence-corrected chi connectivity index (χ2v) is 7.56. The summed E-state index contributed by atoms with van der Waals surface area (Å²) in [7, 11) is 0. The molecule has 1 fully saturated rings. The number of aromatic nitrogens is 2. The molecule has 0 spiro atoms. The molecule has 114 valence electrons. The van der Waals surface area contributed by atoms with Crippen molar-refractivity contribution < 1.29 is 0 Å². The molecule has 0 aliphatic heterocycles. The Morgan fingerprint density at radius 2 is 1.90 bits per heavy atom. The molecule has 1 unspecified atom stereocenters. The Labute approximate surface area is 127 Å². The van der Waals surface area contributed by atoms with Gasteiger partial charge in [-0.05, 0) is 38.1 Å². The zero-order chi connectivity index (χ0) is 14.6. The minimum absolute atomic E-state index is 0.328. The molecule has 0 amide bonds. The summed E-state index contributed by atoms with van der Waals surface area (Å²) in [5, 5.41) is 15.1. The van der Waals surface area contributed by atoms with Crippen LogP contribution in [0.15, 0.2) is 0 Å². The van der Waals surface area contributed by atoms with E-state index in [1.807, 2.05) is 11.3 Å². The highest BCUT2D eigenvalue weighted by molar-refractivity contribution is 7.11. The third-order valence-electron chi connectivity index (χ3n) is 4.41. The number of hydrogen-bond acceptors (Lipinski definition) is 4. The number of nitrogens with one attached hydrogen (secondary N) is 1. The molecular weight excluding hydrogens is 266 g/mol. The SMILES string of the molecule is CCNC(CC)c1nnc(C2(CC(C)C)CCCC2)s1. The van der Waals surface area contributed by atoms with E-state index in [4.69, 9.17) is 0 Å². The van der Waals surface area contributed by atoms with Gasteiger partial charge in [-0.3, -0.25) is 0 Å². The van der Waals surface area contributed by atoms with Crippen LogP contribution in [0.1, 0.15) is 82.3 Å². The molecule has 20 heavy (non-hydrogen) atoms. The van der Waals surface area contributed by atoms with Crippen LogP contribution < -0.4 is 5.32 Å². The molecule has 0 radical (unpaired) electrons. The van der Waals surface area contributed by atoms with Crippen LogP contribution in [0, 0.1) is 5.92 Å². The number of nitrogens with zero attached hydrogens (tertiary/aromatic N) is 2. The van der Waals surface area contributed by atoms with Crippen LogP contribution in [-0.2, 0) is 5.41 Å². The summed E-state index contributed by atoms with van der Waals surface area (Å²) >= 11 is 1.86. The van der Waals surface area contributed by atoms with Crippen molar-refractivity contribution in [1.82, 2.24) is 15.5 Å². The number of hydrogen-bond donors (Lipinski definition) is 1. The lowest BCUT2D eigenvalue weighted by atomic mass is 9.79. The van der Waals surface area contributed by atoms with Crippen LogP contribution in [0.5, 0.6) is 0 Å². The van der Waals surface area contributed by atoms with E-state index in [1.54, 1.807) is 0 Å². The summed E-state index contributed by atoms with van der Waals surface area (Å²) in [5.74, 6) is 0.733. The van der Waals surface area contributed by atoms with Crippen molar-refractivity contribution in [3.05, 3.63) is 10.0 Å². The zero-order valence-electron chi connectivity index (χ0n) is 13.4. The van der Waals surface area contributed by atoms with Gasteiger partial charge in [-0.15, -0.1) is 10.2 Å². The second kappa shape index (κ2) is 6.99. The van der Waals surface area contributed by atoms with E-state index in [9.17, 15) is 0 Å². The van der Waals surface area contributed by atoms with Gasteiger partial charge in [0.15, 0.2) is 0 Å². The normalized spacial score (nSPS) is 19.6. The maximum Gasteiger partial charge on any atom is 0.134 e. The fourth-order valence-electron chi connectivity index (χ4n) is 3.58. The fourth-order valence-corrected chi connectivity index (χ4v) is 4.84. The monoisotopic (exact) mass is 295 g/mol. The van der Waals surface area contributed by atoms with Crippen LogP contribution in [0.25, 0.3) is 0 Å². The van der Waals surface area contributed by atoms with Gasteiger partial charge < -0.3 is 5.32 Å². The predicted molar refractivity (Wildman–Crippen MR) is 86.2 cm³/mol. The third-order valence-corrected chi connectivity index (χ3v) is 5.69. The molecule has 2 rings (SSSR count). The Kier molecular flexibility index (Phi) is 5.56. The fraction of sp³-hybridized carbons (Fsp3) is 0.875. The first-order valence-corrected chi connectivity index (χ1v) is 9.00. The molecule has 1 saturated carbocycles. The molecule has 1 aliphatic carbocycles. The van der Waals surface area contributed by atoms with Crippen LogP contribution in [0.2, 0.25) is 0 Å². The molecule has 1 heterocycles. The van der Waals surface area contributed by atoms with E-state index in [1.165, 1.54) is 42.1 Å². The lowest BCUT2D eigenvalue weighted by Crippen LogP contribution is -2.24. The molecule has 0 aromatic carbocycles. The van der Waals surface area contributed by atoms with Crippen LogP contribution in [0.3, 0.4) is 0 Å². The van der Waals surface area contributed by atoms with Gasteiger partial charge in [0.25, 0.3) is 0 Å². The van der Waals surface area contributed by atoms with Crippen LogP contribution >= 0.6 is 11.3 Å². The quantitative estimate of drug-likeness (QED) is 0.807. The average molecular weight is 295 g/mol. The lowest BCUT2D eigenvalue weighted by molar-refractivity contribution is 0.343. The van der Waals surface area contributed by atoms with Crippen LogP contribution in [-0.4, -0.2) is 16.7 Å². The van der Waals surface area contributed by atoms with Crippen molar-refractivity contribution >= 4 is 11.3 Å². The standard InChI is InChI=1S/C16H29N3S/c1-5-13(17-6-2)14-18-19-15(20-14)16(11-12(3)4)9-7-8-10-16/h12-13,17H,5-11H2,1-4H3. The zero-order valence-corrected chi connectivity index (χ0v) is 14.2. The smallest absolute Gasteiger partial charge is 0.134 e. The Balaban J connectivity index is 2.20. The Hall–Kier alpha value is -0.480. The van der Waals surface area contributed by atoms with Gasteiger partial charge >= 0.3 is 0 Å². The molecular formula is C16H29N3S. The van der Waals surface area contributed by atoms with Crippen molar-refractivity contribution in [3.8, 4) is 0 Å². The summed E-state index contributed by atoms with van der Waals surface area (Å²) in [5.41, 5.74) is 0.328. The lowest BCUT2D eigenvalue weighted by Gasteiger charge is -2.28. The second-order valence-electron chi connectivity index (χ2n) is 6.55. The van der Waals surface area contributed by atoms with E-state index in [0.29, 0.717) is 11.5 Å². The maximum atomic E-state index is 4.60. The van der Waals surface area contributed by atoms with Gasteiger partial charge in [0.1, 0.15) is 10.0 Å². The van der Waals surface area contributed by atoms with E-state index < -0.39 is 0 Å². The predicted octanol–water partition coefficient (Wildman–Crippen LogP) is 4.46. The van der Waals surface area contributed by atoms with Crippen molar-refractivity contribution in [3.63, 3.8) is 0 Å². The summed E-state index contributed by atoms with van der Waals surface area (Å²) in [6, 6.07) is 0.378. The minimum Gasteiger partial charge on any atom is -0.308 e. The molecule has 1 N–H and O–H groups in total. The van der Waals surface area contributed by atoms with Crippen LogP contribution in [0.4, 0.5) is 0 Å². The molecule has 1 aromatic rings. The van der Waals surface area contributed by atoms with E-state index in [-0.39, 0.29) is 0 Å². The molecule has 1 aliphatic rings. The summed E-state index contributed by atoms with van der Waals surface area (Å²) in [4.78, 5) is 0. The number of rotatable bonds is 7. The molecule has 1 atom stereocenters. The van der Waals surface area contributed by atoms with Crippen molar-refractivity contribution in [2.75, 3.05) is 6.54 Å². The highest BCUT2D eigenvalue weighted by Crippen LogP contribution is 2.47. The van der Waals surface area contributed by atoms with Gasteiger partial charge in [-0.2, -0.15) is 0 Å². The van der Waals surface area contributed by atoms with Gasteiger partial charge in [0, 0.05) is 5.41 Å². The first-order chi connectivity index (χ1) is 9.61. The maximum absolute atomic E-state index is 4.60. The van der Waals surface area contributed by atoms with Gasteiger partial charge in [-0.1, -0.05) is 51.9 Å². The average Bonchev–Trinajstić information content (AvgIpc) is 3.04. The molecule has 0 bridgehead atoms. The van der Waals surface area contributed by atoms with Gasteiger partial charge in [0.2, 0.25) is 0 Å². The van der Waals surface area contributed by atoms with Crippen molar-refractivity contribution in [1.29, 1.82) is 0 Å². The van der Waals surface area contributed by atoms with E-state index in [2.05, 4.69) is 43.2 Å². The Morgan fingerprint density at radius 3 is 2.45 bits per heavy atom. The van der Waals surface area contributed by atoms with Gasteiger partial charge in [-0.25, -0.2) is 0 Å². The highest BCUT2D eigenvalue weighted by Gasteiger charge is 2.39. The summed E-state index contributed by atoms with van der Waals surface area (Å²) in [6.45, 7) is 10.0. The largest absolute Gasteiger partial charge is 0.308 e. The Morgan fingerprint density at radius 1 is 1.20 bits per heavy atom. The highest BCUT2D eigenvalue weighted by atomic mass is 32.1. The summed E-state index contributed by atoms with van der Waals surface area (Å²) < 4.78 is 0. The summed E-state index contributed by atoms with van der Waals surface area (Å²) in [6.07, 6.45) is 7.66. The van der Waals surface area contributed by atoms with E-state index >= 15 is 0 Å². The molecule has 3 nitrogen and oxygen atoms in total. The van der Waals surface area contributed by atoms with Crippen molar-refractivity contribution in [2.24, 2.45) is 5.92 Å². The first kappa shape index (κ1) is 15.9. The van der Waals surface area contributed by atoms with Gasteiger partial charge in [0.05, 0.1) is 6.04 Å². The molecule has 4 heteroatoms. The third kappa shape index (κ3) is 3.40. The minimum atomic E-state index is 0.328. The topological polar surface area (TPSA) is 37.8 Å². The Bertz CT molecular complexity index is 408. The first-order valence-electron chi connectivity index (χ1n) is 8.18. The van der Waals surface area contributed by atoms with Crippen molar-refractivity contribution in [2.45, 2.75) is 77.7 Å². The molecule has 0 saturated heterocycles.